The molecule has 1 saturated heterocycles. The Labute approximate surface area is 103 Å². The van der Waals surface area contributed by atoms with Gasteiger partial charge in [-0.3, -0.25) is 9.78 Å². The standard InChI is InChI=1S/C12H13FN2O3/c1-8(16)15-6-10(9-3-2-4-14-5-9)12(13,7-15)11(17)18/h2-5,10H,6-7H2,1H3,(H,17,18)/t10-,12-/m0/s1. The summed E-state index contributed by atoms with van der Waals surface area (Å²) in [5, 5.41) is 9.07. The molecule has 5 nitrogen and oxygen atoms in total. The van der Waals surface area contributed by atoms with Crippen LogP contribution >= 0.6 is 0 Å². The molecule has 6 heteroatoms. The molecule has 1 aromatic heterocycles. The van der Waals surface area contributed by atoms with Crippen LogP contribution in [-0.2, 0) is 9.59 Å². The minimum Gasteiger partial charge on any atom is -0.479 e. The van der Waals surface area contributed by atoms with Crippen molar-refractivity contribution in [2.75, 3.05) is 13.1 Å². The largest absolute Gasteiger partial charge is 0.479 e. The van der Waals surface area contributed by atoms with Gasteiger partial charge in [-0.05, 0) is 11.6 Å². The lowest BCUT2D eigenvalue weighted by Gasteiger charge is -2.21. The van der Waals surface area contributed by atoms with E-state index >= 15 is 0 Å². The maximum absolute atomic E-state index is 14.6. The molecule has 0 bridgehead atoms. The maximum Gasteiger partial charge on any atom is 0.344 e. The molecule has 0 aromatic carbocycles. The Morgan fingerprint density at radius 3 is 2.83 bits per heavy atom. The smallest absolute Gasteiger partial charge is 0.344 e. The van der Waals surface area contributed by atoms with Crippen molar-refractivity contribution in [3.63, 3.8) is 0 Å². The van der Waals surface area contributed by atoms with Crippen LogP contribution in [0.3, 0.4) is 0 Å². The zero-order chi connectivity index (χ0) is 13.3. The van der Waals surface area contributed by atoms with Crippen molar-refractivity contribution in [3.05, 3.63) is 30.1 Å². The fourth-order valence-electron chi connectivity index (χ4n) is 2.23. The molecule has 2 atom stereocenters. The molecule has 1 aromatic rings. The fourth-order valence-corrected chi connectivity index (χ4v) is 2.23. The van der Waals surface area contributed by atoms with Gasteiger partial charge >= 0.3 is 5.97 Å². The van der Waals surface area contributed by atoms with Crippen LogP contribution in [0.5, 0.6) is 0 Å². The van der Waals surface area contributed by atoms with Crippen molar-refractivity contribution >= 4 is 11.9 Å². The number of halogens is 1. The molecule has 1 aliphatic rings. The number of nitrogens with zero attached hydrogens (tertiary/aromatic N) is 2. The maximum atomic E-state index is 14.6. The minimum atomic E-state index is -2.45. The number of carboxylic acid groups (broad SMARTS) is 1. The van der Waals surface area contributed by atoms with E-state index < -0.39 is 24.1 Å². The quantitative estimate of drug-likeness (QED) is 0.846. The number of rotatable bonds is 2. The van der Waals surface area contributed by atoms with Gasteiger partial charge in [0.25, 0.3) is 0 Å². The van der Waals surface area contributed by atoms with Gasteiger partial charge in [-0.1, -0.05) is 6.07 Å². The topological polar surface area (TPSA) is 70.5 Å². The number of aromatic nitrogens is 1. The summed E-state index contributed by atoms with van der Waals surface area (Å²) in [6.45, 7) is 0.939. The number of carbonyl (C=O) groups is 2. The molecule has 1 N–H and O–H groups in total. The van der Waals surface area contributed by atoms with Crippen LogP contribution in [0.15, 0.2) is 24.5 Å². The highest BCUT2D eigenvalue weighted by atomic mass is 19.1. The summed E-state index contributed by atoms with van der Waals surface area (Å²) in [4.78, 5) is 27.5. The first kappa shape index (κ1) is 12.5. The molecule has 1 fully saturated rings. The van der Waals surface area contributed by atoms with Gasteiger partial charge in [-0.25, -0.2) is 9.18 Å². The molecule has 0 spiro atoms. The molecule has 0 radical (unpaired) electrons. The number of likely N-dealkylation sites (tertiary alicyclic amines) is 1. The lowest BCUT2D eigenvalue weighted by molar-refractivity contribution is -0.151. The van der Waals surface area contributed by atoms with Crippen molar-refractivity contribution in [3.8, 4) is 0 Å². The van der Waals surface area contributed by atoms with Crippen molar-refractivity contribution in [2.24, 2.45) is 0 Å². The lowest BCUT2D eigenvalue weighted by atomic mass is 9.87. The highest BCUT2D eigenvalue weighted by molar-refractivity contribution is 5.83. The summed E-state index contributed by atoms with van der Waals surface area (Å²) in [5.41, 5.74) is -1.96. The molecule has 0 saturated carbocycles. The Morgan fingerprint density at radius 2 is 2.33 bits per heavy atom. The van der Waals surface area contributed by atoms with Crippen molar-refractivity contribution in [1.82, 2.24) is 9.88 Å². The normalized spacial score (nSPS) is 27.2. The molecule has 2 rings (SSSR count). The van der Waals surface area contributed by atoms with Gasteiger partial charge in [0.1, 0.15) is 0 Å². The second-order valence-electron chi connectivity index (χ2n) is 4.41. The van der Waals surface area contributed by atoms with Gasteiger partial charge < -0.3 is 10.0 Å². The summed E-state index contributed by atoms with van der Waals surface area (Å²) in [6, 6.07) is 3.24. The Balaban J connectivity index is 2.38. The van der Waals surface area contributed by atoms with Crippen LogP contribution in [0.2, 0.25) is 0 Å². The van der Waals surface area contributed by atoms with E-state index in [-0.39, 0.29) is 12.5 Å². The molecule has 1 amide bonds. The Hall–Kier alpha value is -1.98. The summed E-state index contributed by atoms with van der Waals surface area (Å²) in [6.07, 6.45) is 2.97. The van der Waals surface area contributed by atoms with Gasteiger partial charge in [0, 0.05) is 25.9 Å². The highest BCUT2D eigenvalue weighted by Gasteiger charge is 2.54. The number of hydrogen-bond donors (Lipinski definition) is 1. The molecular weight excluding hydrogens is 239 g/mol. The van der Waals surface area contributed by atoms with Crippen LogP contribution in [0.4, 0.5) is 4.39 Å². The zero-order valence-corrected chi connectivity index (χ0v) is 9.84. The number of carboxylic acids is 1. The third-order valence-electron chi connectivity index (χ3n) is 3.26. The average Bonchev–Trinajstić information content (AvgIpc) is 2.70. The van der Waals surface area contributed by atoms with Crippen LogP contribution in [0.25, 0.3) is 0 Å². The van der Waals surface area contributed by atoms with Crippen molar-refractivity contribution in [2.45, 2.75) is 18.5 Å². The lowest BCUT2D eigenvalue weighted by Crippen LogP contribution is -2.41. The SMILES string of the molecule is CC(=O)N1C[C@@H](c2cccnc2)[C@](F)(C(=O)O)C1. The van der Waals surface area contributed by atoms with Gasteiger partial charge in [-0.15, -0.1) is 0 Å². The van der Waals surface area contributed by atoms with Gasteiger partial charge in [0.15, 0.2) is 0 Å². The average molecular weight is 252 g/mol. The number of alkyl halides is 1. The highest BCUT2D eigenvalue weighted by Crippen LogP contribution is 2.39. The number of pyridine rings is 1. The Bertz CT molecular complexity index is 479. The molecule has 0 unspecified atom stereocenters. The van der Waals surface area contributed by atoms with E-state index in [1.165, 1.54) is 24.2 Å². The zero-order valence-electron chi connectivity index (χ0n) is 9.84. The van der Waals surface area contributed by atoms with E-state index in [0.717, 1.165) is 0 Å². The third-order valence-corrected chi connectivity index (χ3v) is 3.26. The minimum absolute atomic E-state index is 0.0594. The number of amides is 1. The predicted octanol–water partition coefficient (Wildman–Crippen LogP) is 0.820. The third kappa shape index (κ3) is 1.94. The molecular formula is C12H13FN2O3. The Kier molecular flexibility index (Phi) is 3.02. The number of carbonyl (C=O) groups excluding carboxylic acids is 1. The first-order valence-corrected chi connectivity index (χ1v) is 5.53. The second-order valence-corrected chi connectivity index (χ2v) is 4.41. The fraction of sp³-hybridized carbons (Fsp3) is 0.417. The van der Waals surface area contributed by atoms with Gasteiger partial charge in [-0.2, -0.15) is 0 Å². The first-order chi connectivity index (χ1) is 8.45. The van der Waals surface area contributed by atoms with Gasteiger partial charge in [0.2, 0.25) is 11.6 Å². The van der Waals surface area contributed by atoms with E-state index in [1.54, 1.807) is 12.1 Å². The molecule has 0 aliphatic carbocycles. The van der Waals surface area contributed by atoms with Gasteiger partial charge in [0.05, 0.1) is 12.5 Å². The summed E-state index contributed by atoms with van der Waals surface area (Å²) in [7, 11) is 0. The summed E-state index contributed by atoms with van der Waals surface area (Å²) in [5.74, 6) is -2.75. The monoisotopic (exact) mass is 252 g/mol. The molecule has 1 aliphatic heterocycles. The van der Waals surface area contributed by atoms with E-state index in [4.69, 9.17) is 5.11 Å². The van der Waals surface area contributed by atoms with Crippen LogP contribution in [-0.4, -0.2) is 45.6 Å². The summed E-state index contributed by atoms with van der Waals surface area (Å²) >= 11 is 0. The van der Waals surface area contributed by atoms with E-state index in [1.807, 2.05) is 0 Å². The Morgan fingerprint density at radius 1 is 1.61 bits per heavy atom. The number of hydrogen-bond acceptors (Lipinski definition) is 3. The van der Waals surface area contributed by atoms with Crippen molar-refractivity contribution < 1.29 is 19.1 Å². The molecule has 96 valence electrons. The molecule has 2 heterocycles. The predicted molar refractivity (Wildman–Crippen MR) is 60.7 cm³/mol. The van der Waals surface area contributed by atoms with Crippen LogP contribution in [0, 0.1) is 0 Å². The van der Waals surface area contributed by atoms with E-state index in [2.05, 4.69) is 4.98 Å². The van der Waals surface area contributed by atoms with E-state index in [9.17, 15) is 14.0 Å². The number of aliphatic carboxylic acids is 1. The second kappa shape index (κ2) is 4.36. The van der Waals surface area contributed by atoms with E-state index in [0.29, 0.717) is 5.56 Å². The summed E-state index contributed by atoms with van der Waals surface area (Å²) < 4.78 is 14.6. The van der Waals surface area contributed by atoms with Crippen LogP contribution in [0.1, 0.15) is 18.4 Å². The molecule has 18 heavy (non-hydrogen) atoms. The first-order valence-electron chi connectivity index (χ1n) is 5.53. The van der Waals surface area contributed by atoms with Crippen LogP contribution < -0.4 is 0 Å². The van der Waals surface area contributed by atoms with Crippen molar-refractivity contribution in [1.29, 1.82) is 0 Å².